The molecule has 1 saturated carbocycles. The number of anilines is 3. The van der Waals surface area contributed by atoms with Crippen molar-refractivity contribution in [2.75, 3.05) is 23.8 Å². The summed E-state index contributed by atoms with van der Waals surface area (Å²) >= 11 is 1.32. The molecular weight excluding hydrogens is 494 g/mol. The van der Waals surface area contributed by atoms with Gasteiger partial charge in [-0.15, -0.1) is 0 Å². The van der Waals surface area contributed by atoms with E-state index in [-0.39, 0.29) is 23.5 Å². The van der Waals surface area contributed by atoms with Gasteiger partial charge in [-0.05, 0) is 49.3 Å². The molecule has 0 spiro atoms. The van der Waals surface area contributed by atoms with Gasteiger partial charge in [0.1, 0.15) is 22.8 Å². The van der Waals surface area contributed by atoms with Crippen LogP contribution in [0, 0.1) is 0 Å². The predicted molar refractivity (Wildman–Crippen MR) is 139 cm³/mol. The minimum absolute atomic E-state index is 0.0571. The molecular formula is C25H25N7O4S. The molecule has 0 bridgehead atoms. The Balaban J connectivity index is 1.25. The summed E-state index contributed by atoms with van der Waals surface area (Å²) in [5.74, 6) is 1.09. The van der Waals surface area contributed by atoms with Crippen LogP contribution in [0.3, 0.4) is 0 Å². The molecule has 0 radical (unpaired) electrons. The standard InChI is InChI=1S/C25H25N7O4S/c1-14(33)28-21-11-18(4-7-26-21)36-24-27-12-20-22(31-24)37-25(30-20)29-19-10-16(15-2-3-15)13-32(23(19)34)17-5-8-35-9-6-17/h4,7,10-13,15,17H,2-3,5-6,8-9H2,1H3,(H,29,30)(H,26,28,33). The fourth-order valence-corrected chi connectivity index (χ4v) is 5.17. The molecule has 37 heavy (non-hydrogen) atoms. The van der Waals surface area contributed by atoms with Gasteiger partial charge in [-0.25, -0.2) is 15.0 Å². The molecule has 0 atom stereocenters. The number of hydrogen-bond acceptors (Lipinski definition) is 10. The highest BCUT2D eigenvalue weighted by Crippen LogP contribution is 2.41. The van der Waals surface area contributed by atoms with Crippen molar-refractivity contribution in [2.45, 2.75) is 44.6 Å². The topological polar surface area (TPSA) is 133 Å². The molecule has 190 valence electrons. The van der Waals surface area contributed by atoms with E-state index in [0.717, 1.165) is 25.7 Å². The molecule has 6 rings (SSSR count). The van der Waals surface area contributed by atoms with Gasteiger partial charge >= 0.3 is 6.01 Å². The van der Waals surface area contributed by atoms with E-state index in [1.165, 1.54) is 30.0 Å². The fourth-order valence-electron chi connectivity index (χ4n) is 4.35. The summed E-state index contributed by atoms with van der Waals surface area (Å²) in [6, 6.07) is 5.47. The maximum absolute atomic E-state index is 13.4. The molecule has 4 aromatic heterocycles. The summed E-state index contributed by atoms with van der Waals surface area (Å²) in [4.78, 5) is 42.7. The molecule has 1 saturated heterocycles. The second kappa shape index (κ2) is 9.87. The van der Waals surface area contributed by atoms with Gasteiger partial charge in [0.2, 0.25) is 5.91 Å². The molecule has 1 amide bonds. The van der Waals surface area contributed by atoms with E-state index in [1.807, 2.05) is 16.8 Å². The van der Waals surface area contributed by atoms with E-state index in [0.29, 0.717) is 51.9 Å². The number of carbonyl (C=O) groups excluding carboxylic acids is 1. The second-order valence-corrected chi connectivity index (χ2v) is 10.1. The predicted octanol–water partition coefficient (Wildman–Crippen LogP) is 4.37. The van der Waals surface area contributed by atoms with Crippen LogP contribution < -0.4 is 20.9 Å². The van der Waals surface area contributed by atoms with Crippen LogP contribution in [0.15, 0.2) is 41.6 Å². The SMILES string of the molecule is CC(=O)Nc1cc(Oc2ncc3nc(Nc4cc(C5CC5)cn(C5CCOCC5)c4=O)sc3n2)ccn1. The maximum Gasteiger partial charge on any atom is 0.323 e. The Morgan fingerprint density at radius 2 is 2.00 bits per heavy atom. The van der Waals surface area contributed by atoms with Crippen molar-refractivity contribution >= 4 is 44.2 Å². The highest BCUT2D eigenvalue weighted by atomic mass is 32.1. The molecule has 4 aromatic rings. The van der Waals surface area contributed by atoms with Gasteiger partial charge in [0.15, 0.2) is 9.96 Å². The van der Waals surface area contributed by atoms with Crippen molar-refractivity contribution in [3.63, 3.8) is 0 Å². The Bertz CT molecular complexity index is 1530. The number of thiazole rings is 1. The van der Waals surface area contributed by atoms with Crippen molar-refractivity contribution in [3.8, 4) is 11.8 Å². The van der Waals surface area contributed by atoms with Gasteiger partial charge in [0, 0.05) is 44.6 Å². The molecule has 11 nitrogen and oxygen atoms in total. The Morgan fingerprint density at radius 3 is 2.78 bits per heavy atom. The monoisotopic (exact) mass is 519 g/mol. The summed E-state index contributed by atoms with van der Waals surface area (Å²) < 4.78 is 13.1. The van der Waals surface area contributed by atoms with Crippen molar-refractivity contribution < 1.29 is 14.3 Å². The van der Waals surface area contributed by atoms with Gasteiger partial charge < -0.3 is 24.7 Å². The van der Waals surface area contributed by atoms with E-state index >= 15 is 0 Å². The number of nitrogens with zero attached hydrogens (tertiary/aromatic N) is 5. The summed E-state index contributed by atoms with van der Waals surface area (Å²) in [7, 11) is 0. The van der Waals surface area contributed by atoms with E-state index in [2.05, 4.69) is 30.6 Å². The summed E-state index contributed by atoms with van der Waals surface area (Å²) in [5, 5.41) is 6.41. The van der Waals surface area contributed by atoms with Crippen LogP contribution in [0.1, 0.15) is 50.1 Å². The number of carbonyl (C=O) groups is 1. The van der Waals surface area contributed by atoms with Gasteiger partial charge in [-0.1, -0.05) is 11.3 Å². The minimum atomic E-state index is -0.228. The highest BCUT2D eigenvalue weighted by molar-refractivity contribution is 7.21. The van der Waals surface area contributed by atoms with E-state index < -0.39 is 0 Å². The first-order chi connectivity index (χ1) is 18.0. The van der Waals surface area contributed by atoms with Gasteiger partial charge in [0.25, 0.3) is 5.56 Å². The Hall–Kier alpha value is -3.90. The zero-order valence-corrected chi connectivity index (χ0v) is 21.0. The average molecular weight is 520 g/mol. The first kappa shape index (κ1) is 23.5. The van der Waals surface area contributed by atoms with Crippen molar-refractivity contribution in [1.29, 1.82) is 0 Å². The van der Waals surface area contributed by atoms with Crippen molar-refractivity contribution in [1.82, 2.24) is 24.5 Å². The van der Waals surface area contributed by atoms with Crippen LogP contribution in [0.4, 0.5) is 16.6 Å². The van der Waals surface area contributed by atoms with Crippen LogP contribution in [0.25, 0.3) is 10.3 Å². The first-order valence-corrected chi connectivity index (χ1v) is 13.0. The molecule has 5 heterocycles. The smallest absolute Gasteiger partial charge is 0.323 e. The lowest BCUT2D eigenvalue weighted by Gasteiger charge is -2.25. The van der Waals surface area contributed by atoms with E-state index in [4.69, 9.17) is 9.47 Å². The molecule has 0 aromatic carbocycles. The van der Waals surface area contributed by atoms with Crippen LogP contribution in [0.2, 0.25) is 0 Å². The Labute approximate surface area is 215 Å². The lowest BCUT2D eigenvalue weighted by atomic mass is 10.1. The highest BCUT2D eigenvalue weighted by Gasteiger charge is 2.27. The lowest BCUT2D eigenvalue weighted by molar-refractivity contribution is -0.114. The number of aromatic nitrogens is 5. The number of fused-ring (bicyclic) bond motifs is 1. The molecule has 2 aliphatic rings. The Kier molecular flexibility index (Phi) is 6.26. The number of hydrogen-bond donors (Lipinski definition) is 2. The molecule has 12 heteroatoms. The third kappa shape index (κ3) is 5.30. The summed E-state index contributed by atoms with van der Waals surface area (Å²) in [6.45, 7) is 2.75. The van der Waals surface area contributed by atoms with E-state index in [9.17, 15) is 9.59 Å². The minimum Gasteiger partial charge on any atom is -0.424 e. The molecule has 1 aliphatic heterocycles. The molecule has 2 fully saturated rings. The largest absolute Gasteiger partial charge is 0.424 e. The van der Waals surface area contributed by atoms with Crippen molar-refractivity contribution in [3.05, 3.63) is 52.7 Å². The number of ether oxygens (including phenoxy) is 2. The van der Waals surface area contributed by atoms with Crippen LogP contribution in [-0.2, 0) is 9.53 Å². The normalized spacial score (nSPS) is 16.0. The molecule has 1 aliphatic carbocycles. The third-order valence-electron chi connectivity index (χ3n) is 6.31. The first-order valence-electron chi connectivity index (χ1n) is 12.2. The van der Waals surface area contributed by atoms with Gasteiger partial charge in [-0.2, -0.15) is 4.98 Å². The van der Waals surface area contributed by atoms with Crippen molar-refractivity contribution in [2.24, 2.45) is 0 Å². The molecule has 0 unspecified atom stereocenters. The van der Waals surface area contributed by atoms with E-state index in [1.54, 1.807) is 18.3 Å². The molecule has 2 N–H and O–H groups in total. The Morgan fingerprint density at radius 1 is 1.16 bits per heavy atom. The van der Waals surface area contributed by atoms with Crippen LogP contribution in [0.5, 0.6) is 11.8 Å². The quantitative estimate of drug-likeness (QED) is 0.365. The average Bonchev–Trinajstić information content (AvgIpc) is 3.66. The zero-order chi connectivity index (χ0) is 25.4. The summed E-state index contributed by atoms with van der Waals surface area (Å²) in [6.07, 6.45) is 9.09. The number of rotatable bonds is 7. The lowest BCUT2D eigenvalue weighted by Crippen LogP contribution is -2.30. The van der Waals surface area contributed by atoms with Crippen LogP contribution in [-0.4, -0.2) is 43.6 Å². The second-order valence-electron chi connectivity index (χ2n) is 9.16. The van der Waals surface area contributed by atoms with Gasteiger partial charge in [0.05, 0.1) is 6.20 Å². The maximum atomic E-state index is 13.4. The number of nitrogens with one attached hydrogen (secondary N) is 2. The zero-order valence-electron chi connectivity index (χ0n) is 20.1. The van der Waals surface area contributed by atoms with Gasteiger partial charge in [-0.3, -0.25) is 9.59 Å². The third-order valence-corrected chi connectivity index (χ3v) is 7.19. The number of pyridine rings is 2. The fraction of sp³-hybridized carbons (Fsp3) is 0.360. The summed E-state index contributed by atoms with van der Waals surface area (Å²) in [5.41, 5.74) is 2.23. The number of amides is 1. The van der Waals surface area contributed by atoms with Crippen LogP contribution >= 0.6 is 11.3 Å².